The fourth-order valence-electron chi connectivity index (χ4n) is 1.26. The van der Waals surface area contributed by atoms with Crippen LogP contribution in [0.15, 0.2) is 11.6 Å². The molecule has 0 aromatic heterocycles. The summed E-state index contributed by atoms with van der Waals surface area (Å²) in [6.45, 7) is 12.3. The van der Waals surface area contributed by atoms with E-state index in [1.807, 2.05) is 0 Å². The van der Waals surface area contributed by atoms with E-state index in [0.29, 0.717) is 0 Å². The third kappa shape index (κ3) is 5.36. The van der Waals surface area contributed by atoms with Crippen molar-refractivity contribution in [2.75, 3.05) is 19.6 Å². The molecule has 0 rings (SSSR count). The Morgan fingerprint density at radius 2 is 1.75 bits per heavy atom. The molecule has 0 amide bonds. The van der Waals surface area contributed by atoms with Crippen molar-refractivity contribution in [2.45, 2.75) is 40.5 Å². The Kier molecular flexibility index (Phi) is 7.17. The van der Waals surface area contributed by atoms with Crippen LogP contribution in [0.4, 0.5) is 0 Å². The van der Waals surface area contributed by atoms with Gasteiger partial charge in [-0.1, -0.05) is 38.8 Å². The Balaban J connectivity index is 3.68. The first-order valence-corrected chi connectivity index (χ1v) is 5.12. The summed E-state index contributed by atoms with van der Waals surface area (Å²) in [5, 5.41) is 0. The van der Waals surface area contributed by atoms with Crippen molar-refractivity contribution < 1.29 is 0 Å². The van der Waals surface area contributed by atoms with Crippen LogP contribution in [0.1, 0.15) is 40.5 Å². The standard InChI is InChI=1S/C11H23N/c1-5-8-11(4)9-10-12(6-2)7-3/h9H,5-8,10H2,1-4H3/b11-9+. The number of rotatable bonds is 6. The quantitative estimate of drug-likeness (QED) is 0.552. The van der Waals surface area contributed by atoms with Gasteiger partial charge in [-0.3, -0.25) is 0 Å². The summed E-state index contributed by atoms with van der Waals surface area (Å²) >= 11 is 0. The molecule has 0 aliphatic heterocycles. The second kappa shape index (κ2) is 7.35. The monoisotopic (exact) mass is 169 g/mol. The van der Waals surface area contributed by atoms with Crippen molar-refractivity contribution >= 4 is 0 Å². The summed E-state index contributed by atoms with van der Waals surface area (Å²) < 4.78 is 0. The molecule has 0 bridgehead atoms. The Labute approximate surface area is 77.5 Å². The fraction of sp³-hybridized carbons (Fsp3) is 0.818. The largest absolute Gasteiger partial charge is 0.300 e. The third-order valence-electron chi connectivity index (χ3n) is 2.24. The topological polar surface area (TPSA) is 3.24 Å². The van der Waals surface area contributed by atoms with Gasteiger partial charge in [0.25, 0.3) is 0 Å². The molecule has 0 radical (unpaired) electrons. The number of hydrogen-bond acceptors (Lipinski definition) is 1. The van der Waals surface area contributed by atoms with Crippen LogP contribution in [0.5, 0.6) is 0 Å². The maximum Gasteiger partial charge on any atom is 0.0165 e. The molecule has 0 saturated heterocycles. The van der Waals surface area contributed by atoms with Gasteiger partial charge in [-0.05, 0) is 26.4 Å². The van der Waals surface area contributed by atoms with E-state index in [9.17, 15) is 0 Å². The minimum absolute atomic E-state index is 1.12. The molecule has 12 heavy (non-hydrogen) atoms. The van der Waals surface area contributed by atoms with Gasteiger partial charge in [0, 0.05) is 6.54 Å². The summed E-state index contributed by atoms with van der Waals surface area (Å²) in [6.07, 6.45) is 4.87. The second-order valence-electron chi connectivity index (χ2n) is 3.29. The van der Waals surface area contributed by atoms with E-state index in [1.165, 1.54) is 18.4 Å². The molecule has 0 aromatic rings. The van der Waals surface area contributed by atoms with Crippen LogP contribution in [0.3, 0.4) is 0 Å². The zero-order valence-electron chi connectivity index (χ0n) is 9.06. The van der Waals surface area contributed by atoms with Crippen molar-refractivity contribution in [3.63, 3.8) is 0 Å². The lowest BCUT2D eigenvalue weighted by atomic mass is 10.1. The molecule has 72 valence electrons. The molecular weight excluding hydrogens is 146 g/mol. The summed E-state index contributed by atoms with van der Waals surface area (Å²) in [5.41, 5.74) is 1.53. The predicted molar refractivity (Wildman–Crippen MR) is 56.5 cm³/mol. The summed E-state index contributed by atoms with van der Waals surface area (Å²) in [7, 11) is 0. The van der Waals surface area contributed by atoms with E-state index in [-0.39, 0.29) is 0 Å². The van der Waals surface area contributed by atoms with Gasteiger partial charge in [-0.2, -0.15) is 0 Å². The molecule has 0 aliphatic carbocycles. The van der Waals surface area contributed by atoms with Crippen molar-refractivity contribution in [3.05, 3.63) is 11.6 Å². The molecule has 0 saturated carbocycles. The molecule has 0 aromatic carbocycles. The second-order valence-corrected chi connectivity index (χ2v) is 3.29. The van der Waals surface area contributed by atoms with Crippen LogP contribution in [0, 0.1) is 0 Å². The first-order chi connectivity index (χ1) is 5.74. The van der Waals surface area contributed by atoms with Crippen LogP contribution in [-0.2, 0) is 0 Å². The van der Waals surface area contributed by atoms with E-state index in [4.69, 9.17) is 0 Å². The van der Waals surface area contributed by atoms with Crippen molar-refractivity contribution in [2.24, 2.45) is 0 Å². The Bertz CT molecular complexity index is 123. The minimum atomic E-state index is 1.12. The Morgan fingerprint density at radius 3 is 2.17 bits per heavy atom. The van der Waals surface area contributed by atoms with E-state index >= 15 is 0 Å². The number of allylic oxidation sites excluding steroid dienone is 1. The van der Waals surface area contributed by atoms with Crippen LogP contribution in [-0.4, -0.2) is 24.5 Å². The predicted octanol–water partition coefficient (Wildman–Crippen LogP) is 3.07. The molecule has 0 unspecified atom stereocenters. The van der Waals surface area contributed by atoms with E-state index in [2.05, 4.69) is 38.7 Å². The van der Waals surface area contributed by atoms with Gasteiger partial charge in [0.1, 0.15) is 0 Å². The van der Waals surface area contributed by atoms with Crippen LogP contribution in [0.25, 0.3) is 0 Å². The van der Waals surface area contributed by atoms with Crippen LogP contribution in [0.2, 0.25) is 0 Å². The van der Waals surface area contributed by atoms with Gasteiger partial charge in [-0.25, -0.2) is 0 Å². The molecule has 0 atom stereocenters. The first-order valence-electron chi connectivity index (χ1n) is 5.12. The molecular formula is C11H23N. The van der Waals surface area contributed by atoms with E-state index in [0.717, 1.165) is 19.6 Å². The normalized spacial score (nSPS) is 12.6. The highest BCUT2D eigenvalue weighted by Gasteiger charge is 1.95. The highest BCUT2D eigenvalue weighted by Crippen LogP contribution is 2.02. The molecule has 1 nitrogen and oxygen atoms in total. The average Bonchev–Trinajstić information content (AvgIpc) is 2.07. The average molecular weight is 169 g/mol. The zero-order valence-corrected chi connectivity index (χ0v) is 9.06. The highest BCUT2D eigenvalue weighted by atomic mass is 15.1. The number of hydrogen-bond donors (Lipinski definition) is 0. The van der Waals surface area contributed by atoms with Crippen molar-refractivity contribution in [1.82, 2.24) is 4.90 Å². The van der Waals surface area contributed by atoms with Crippen LogP contribution < -0.4 is 0 Å². The van der Waals surface area contributed by atoms with Crippen molar-refractivity contribution in [1.29, 1.82) is 0 Å². The molecule has 0 heterocycles. The number of nitrogens with zero attached hydrogens (tertiary/aromatic N) is 1. The lowest BCUT2D eigenvalue weighted by Gasteiger charge is -2.15. The van der Waals surface area contributed by atoms with E-state index < -0.39 is 0 Å². The van der Waals surface area contributed by atoms with Crippen molar-refractivity contribution in [3.8, 4) is 0 Å². The molecule has 0 N–H and O–H groups in total. The molecule has 0 aliphatic rings. The molecule has 0 spiro atoms. The Morgan fingerprint density at radius 1 is 1.17 bits per heavy atom. The van der Waals surface area contributed by atoms with Gasteiger partial charge < -0.3 is 4.90 Å². The summed E-state index contributed by atoms with van der Waals surface area (Å²) in [6, 6.07) is 0. The lowest BCUT2D eigenvalue weighted by Crippen LogP contribution is -2.22. The molecule has 0 fully saturated rings. The minimum Gasteiger partial charge on any atom is -0.300 e. The third-order valence-corrected chi connectivity index (χ3v) is 2.24. The lowest BCUT2D eigenvalue weighted by molar-refractivity contribution is 0.336. The van der Waals surface area contributed by atoms with E-state index in [1.54, 1.807) is 0 Å². The summed E-state index contributed by atoms with van der Waals surface area (Å²) in [4.78, 5) is 2.43. The van der Waals surface area contributed by atoms with Gasteiger partial charge in [0.15, 0.2) is 0 Å². The molecule has 1 heteroatoms. The number of likely N-dealkylation sites (N-methyl/N-ethyl adjacent to an activating group) is 1. The van der Waals surface area contributed by atoms with Crippen LogP contribution >= 0.6 is 0 Å². The first kappa shape index (κ1) is 11.7. The van der Waals surface area contributed by atoms with Gasteiger partial charge in [0.2, 0.25) is 0 Å². The SMILES string of the molecule is CCC/C(C)=C/CN(CC)CC. The smallest absolute Gasteiger partial charge is 0.0165 e. The highest BCUT2D eigenvalue weighted by molar-refractivity contribution is 4.98. The van der Waals surface area contributed by atoms with Gasteiger partial charge >= 0.3 is 0 Å². The maximum absolute atomic E-state index is 2.43. The zero-order chi connectivity index (χ0) is 9.40. The summed E-state index contributed by atoms with van der Waals surface area (Å²) in [5.74, 6) is 0. The van der Waals surface area contributed by atoms with Gasteiger partial charge in [0.05, 0.1) is 0 Å². The Hall–Kier alpha value is -0.300. The fourth-order valence-corrected chi connectivity index (χ4v) is 1.26. The van der Waals surface area contributed by atoms with Gasteiger partial charge in [-0.15, -0.1) is 0 Å². The maximum atomic E-state index is 2.43.